The Bertz CT molecular complexity index is 3200. The van der Waals surface area contributed by atoms with Gasteiger partial charge in [0.25, 0.3) is 17.4 Å². The number of hydrogen-bond acceptors (Lipinski definition) is 15. The van der Waals surface area contributed by atoms with Crippen LogP contribution in [0.15, 0.2) is 59.4 Å². The van der Waals surface area contributed by atoms with E-state index in [0.29, 0.717) is 40.1 Å². The van der Waals surface area contributed by atoms with Crippen molar-refractivity contribution in [3.63, 3.8) is 0 Å². The number of ether oxygens (including phenoxy) is 2. The van der Waals surface area contributed by atoms with E-state index in [0.717, 1.165) is 70.8 Å². The Morgan fingerprint density at radius 2 is 1.50 bits per heavy atom. The number of carbonyl (C=O) groups is 10. The molecule has 25 heteroatoms. The molecular weight excluding hydrogens is 1040 g/mol. The van der Waals surface area contributed by atoms with Crippen molar-refractivity contribution < 1.29 is 66.9 Å². The number of carboxylic acids is 1. The topological polar surface area (TPSA) is 346 Å². The third-order valence-corrected chi connectivity index (χ3v) is 13.9. The number of aliphatic carboxylic acids is 1. The van der Waals surface area contributed by atoms with Crippen LogP contribution < -0.4 is 43.2 Å². The van der Waals surface area contributed by atoms with Crippen molar-refractivity contribution in [2.75, 3.05) is 46.1 Å². The highest BCUT2D eigenvalue weighted by Crippen LogP contribution is 2.42. The number of fused-ring (bicyclic) bond motifs is 5. The number of carbonyl (C=O) groups excluding carboxylic acids is 9. The number of carboxylic acid groups (broad SMARTS) is 1. The third-order valence-electron chi connectivity index (χ3n) is 13.9. The second-order valence-electron chi connectivity index (χ2n) is 19.7. The average Bonchev–Trinajstić information content (AvgIpc) is 4.06. The first kappa shape index (κ1) is 59.0. The van der Waals surface area contributed by atoms with Crippen LogP contribution in [0.4, 0.5) is 4.39 Å². The fourth-order valence-corrected chi connectivity index (χ4v) is 9.51. The van der Waals surface area contributed by atoms with Gasteiger partial charge in [-0.15, -0.1) is 0 Å². The number of aryl methyl sites for hydroxylation is 2. The molecule has 9 N–H and O–H groups in total. The summed E-state index contributed by atoms with van der Waals surface area (Å²) < 4.78 is 26.4. The number of cyclic esters (lactones) is 1. The number of esters is 1. The Hall–Kier alpha value is -8.71. The third kappa shape index (κ3) is 14.7. The maximum Gasteiger partial charge on any atom is 0.317 e. The van der Waals surface area contributed by atoms with Crippen molar-refractivity contribution in [3.8, 4) is 11.4 Å². The summed E-state index contributed by atoms with van der Waals surface area (Å²) >= 11 is 0. The van der Waals surface area contributed by atoms with Gasteiger partial charge < -0.3 is 56.8 Å². The lowest BCUT2D eigenvalue weighted by Gasteiger charge is -2.25. The number of benzene rings is 2. The van der Waals surface area contributed by atoms with E-state index in [1.54, 1.807) is 34.9 Å². The number of aromatic nitrogens is 2. The van der Waals surface area contributed by atoms with Crippen molar-refractivity contribution in [3.05, 3.63) is 110 Å². The normalized spacial score (nSPS) is 16.0. The van der Waals surface area contributed by atoms with Gasteiger partial charge in [-0.1, -0.05) is 57.0 Å². The lowest BCUT2D eigenvalue weighted by Crippen LogP contribution is -2.56. The van der Waals surface area contributed by atoms with Gasteiger partial charge in [0.15, 0.2) is 0 Å². The summed E-state index contributed by atoms with van der Waals surface area (Å²) in [6.07, 6.45) is 8.18. The second-order valence-corrected chi connectivity index (χ2v) is 19.7. The summed E-state index contributed by atoms with van der Waals surface area (Å²) in [6.45, 7) is 3.06. The Morgan fingerprint density at radius 1 is 0.850 bits per heavy atom. The standard InChI is InChI=1S/C27H34N8O11.C24H21FN2O3.C4H8/c28-19(36)14-46-15-33-21(38)11-31-26(44)17(8-16-4-2-1-3-5-16)34-22(39)12-30-20(37)10-32-27(45)18(9-29-13-25(42)43)35-23(40)6-7-24(35)41;1-3-12-15-7-20-22-16(9-27(20)23(28)17(15)10-30-24(12)29)14-6-4-5-13-11(2)18(25)8-19(26-22)21(13)14;1-4-2-3-4/h1-7,17-18,29H,8-15H2,(H2,28,36)(H,30,37)(H,31,44)(H,32,45)(H,33,38)(H,34,39)(H,42,43);7-8,12H,3-6,9-10H2,1-2H3;4H,2-3H2,1H3. The second kappa shape index (κ2) is 26.8. The molecule has 24 nitrogen and oxygen atoms in total. The number of primary amides is 1. The Morgan fingerprint density at radius 3 is 2.15 bits per heavy atom. The van der Waals surface area contributed by atoms with Gasteiger partial charge in [0, 0.05) is 42.1 Å². The lowest BCUT2D eigenvalue weighted by molar-refractivity contribution is -0.148. The summed E-state index contributed by atoms with van der Waals surface area (Å²) in [4.78, 5) is 139. The van der Waals surface area contributed by atoms with Gasteiger partial charge in [0.05, 0.1) is 61.1 Å². The molecule has 4 aromatic rings. The number of rotatable bonds is 21. The molecule has 3 unspecified atom stereocenters. The van der Waals surface area contributed by atoms with Crippen molar-refractivity contribution >= 4 is 70.1 Å². The summed E-state index contributed by atoms with van der Waals surface area (Å²) in [5.74, 6) is -7.35. The van der Waals surface area contributed by atoms with E-state index in [1.807, 2.05) is 19.9 Å². The van der Waals surface area contributed by atoms with Gasteiger partial charge in [0.1, 0.15) is 37.8 Å². The minimum absolute atomic E-state index is 0.0247. The van der Waals surface area contributed by atoms with Crippen LogP contribution in [0, 0.1) is 18.7 Å². The molecule has 2 aromatic carbocycles. The molecular formula is C55H63FN10O14. The fraction of sp³-hybridized carbons (Fsp3) is 0.418. The summed E-state index contributed by atoms with van der Waals surface area (Å²) in [6, 6.07) is 9.46. The van der Waals surface area contributed by atoms with Gasteiger partial charge in [-0.25, -0.2) is 9.37 Å². The van der Waals surface area contributed by atoms with Crippen LogP contribution in [0.5, 0.6) is 0 Å². The van der Waals surface area contributed by atoms with Gasteiger partial charge >= 0.3 is 11.9 Å². The zero-order valence-corrected chi connectivity index (χ0v) is 44.4. The predicted octanol–water partition coefficient (Wildman–Crippen LogP) is -0.0660. The molecule has 1 saturated carbocycles. The molecule has 3 atom stereocenters. The van der Waals surface area contributed by atoms with Crippen molar-refractivity contribution in [2.45, 2.75) is 96.9 Å². The van der Waals surface area contributed by atoms with Gasteiger partial charge in [-0.05, 0) is 72.4 Å². The molecule has 2 aliphatic carbocycles. The van der Waals surface area contributed by atoms with E-state index >= 15 is 0 Å². The zero-order chi connectivity index (χ0) is 57.8. The van der Waals surface area contributed by atoms with E-state index in [-0.39, 0.29) is 37.1 Å². The van der Waals surface area contributed by atoms with Crippen LogP contribution in [-0.2, 0) is 89.8 Å². The first-order valence-corrected chi connectivity index (χ1v) is 26.1. The predicted molar refractivity (Wildman–Crippen MR) is 283 cm³/mol. The number of hydrogen-bond donors (Lipinski definition) is 8. The van der Waals surface area contributed by atoms with Crippen LogP contribution >= 0.6 is 0 Å². The number of pyridine rings is 2. The van der Waals surface area contributed by atoms with Crippen LogP contribution in [-0.4, -0.2) is 137 Å². The molecule has 1 fully saturated rings. The van der Waals surface area contributed by atoms with Gasteiger partial charge in [-0.3, -0.25) is 57.6 Å². The number of imide groups is 1. The zero-order valence-electron chi connectivity index (χ0n) is 44.4. The monoisotopic (exact) mass is 1110 g/mol. The lowest BCUT2D eigenvalue weighted by atomic mass is 9.84. The van der Waals surface area contributed by atoms with E-state index in [9.17, 15) is 57.1 Å². The molecule has 424 valence electrons. The first-order chi connectivity index (χ1) is 38.3. The fourth-order valence-electron chi connectivity index (χ4n) is 9.51. The smallest absolute Gasteiger partial charge is 0.317 e. The molecule has 0 spiro atoms. The Balaban J connectivity index is 0.000000230. The minimum atomic E-state index is -1.47. The molecule has 0 bridgehead atoms. The molecule has 8 amide bonds. The largest absolute Gasteiger partial charge is 0.480 e. The minimum Gasteiger partial charge on any atom is -0.480 e. The number of halogens is 1. The van der Waals surface area contributed by atoms with Crippen LogP contribution in [0.3, 0.4) is 0 Å². The summed E-state index contributed by atoms with van der Waals surface area (Å²) in [5.41, 5.74) is 13.0. The molecule has 80 heavy (non-hydrogen) atoms. The van der Waals surface area contributed by atoms with E-state index in [2.05, 4.69) is 38.8 Å². The summed E-state index contributed by atoms with van der Waals surface area (Å²) in [7, 11) is 0. The van der Waals surface area contributed by atoms with Crippen molar-refractivity contribution in [1.29, 1.82) is 0 Å². The van der Waals surface area contributed by atoms with Gasteiger partial charge in [0.2, 0.25) is 35.4 Å². The quantitative estimate of drug-likeness (QED) is 0.0206. The number of amides is 8. The number of nitrogens with zero attached hydrogens (tertiary/aromatic N) is 3. The highest BCUT2D eigenvalue weighted by atomic mass is 19.1. The molecule has 0 saturated heterocycles. The van der Waals surface area contributed by atoms with Crippen LogP contribution in [0.1, 0.15) is 84.4 Å². The molecule has 5 heterocycles. The van der Waals surface area contributed by atoms with E-state index in [1.165, 1.54) is 24.5 Å². The highest BCUT2D eigenvalue weighted by Gasteiger charge is 2.37. The average molecular weight is 1110 g/mol. The van der Waals surface area contributed by atoms with Gasteiger partial charge in [-0.2, -0.15) is 0 Å². The Kier molecular flexibility index (Phi) is 19.7. The SMILES string of the molecule is CC1CC1.CCC1C(=O)OCc2c1cc1n(c2=O)Cc2c-1nc1cc(F)c(C)c3c1c2CCC3.NC(=O)COCNC(=O)CNC(=O)C(Cc1ccccc1)NC(=O)CNC(=O)CNC(=O)C(CNCC(=O)O)N1C(=O)C=CC1=O. The Labute approximate surface area is 457 Å². The summed E-state index contributed by atoms with van der Waals surface area (Å²) in [5, 5.41) is 23.9. The molecule has 3 aliphatic heterocycles. The van der Waals surface area contributed by atoms with Crippen LogP contribution in [0.25, 0.3) is 22.3 Å². The molecule has 2 aromatic heterocycles. The molecule has 9 rings (SSSR count). The maximum absolute atomic E-state index is 14.6. The number of nitrogens with two attached hydrogens (primary N) is 1. The first-order valence-electron chi connectivity index (χ1n) is 26.1. The molecule has 5 aliphatic rings. The van der Waals surface area contributed by atoms with E-state index < -0.39 is 111 Å². The van der Waals surface area contributed by atoms with Crippen molar-refractivity contribution in [1.82, 2.24) is 46.4 Å². The van der Waals surface area contributed by atoms with Crippen LogP contribution in [0.2, 0.25) is 0 Å². The highest BCUT2D eigenvalue weighted by molar-refractivity contribution is 6.15. The van der Waals surface area contributed by atoms with E-state index in [4.69, 9.17) is 25.3 Å². The van der Waals surface area contributed by atoms with Crippen molar-refractivity contribution in [2.24, 2.45) is 11.7 Å². The molecule has 0 radical (unpaired) electrons. The number of nitrogens with one attached hydrogen (secondary N) is 6. The maximum atomic E-state index is 14.6.